The molecule has 2 amide bonds. The summed E-state index contributed by atoms with van der Waals surface area (Å²) in [7, 11) is -2.95. The summed E-state index contributed by atoms with van der Waals surface area (Å²) in [6.07, 6.45) is 0. The fraction of sp³-hybridized carbons (Fsp3) is 0.333. The van der Waals surface area contributed by atoms with Crippen molar-refractivity contribution in [2.45, 2.75) is 26.8 Å². The molecule has 0 aliphatic carbocycles. The van der Waals surface area contributed by atoms with Crippen molar-refractivity contribution >= 4 is 27.9 Å². The second-order valence-electron chi connectivity index (χ2n) is 5.62. The molecule has 0 saturated carbocycles. The van der Waals surface area contributed by atoms with Crippen LogP contribution in [0.5, 0.6) is 6.01 Å². The van der Waals surface area contributed by atoms with Crippen LogP contribution in [-0.4, -0.2) is 42.6 Å². The van der Waals surface area contributed by atoms with Crippen molar-refractivity contribution in [3.63, 3.8) is 0 Å². The van der Waals surface area contributed by atoms with Gasteiger partial charge in [0.05, 0.1) is 12.8 Å². The Balaban J connectivity index is 2.21. The maximum absolute atomic E-state index is 13.1. The zero-order chi connectivity index (χ0) is 20.2. The summed E-state index contributed by atoms with van der Waals surface area (Å²) in [5.41, 5.74) is 0.198. The molecule has 0 unspecified atom stereocenters. The number of ether oxygens (including phenoxy) is 1. The zero-order valence-electron chi connectivity index (χ0n) is 15.1. The first kappa shape index (κ1) is 20.3. The van der Waals surface area contributed by atoms with Gasteiger partial charge >= 0.3 is 22.3 Å². The van der Waals surface area contributed by atoms with E-state index in [0.717, 1.165) is 16.4 Å². The fourth-order valence-electron chi connectivity index (χ4n) is 2.20. The molecule has 0 fully saturated rings. The van der Waals surface area contributed by atoms with Crippen LogP contribution in [0.15, 0.2) is 24.3 Å². The molecule has 0 radical (unpaired) electrons. The van der Waals surface area contributed by atoms with Gasteiger partial charge in [-0.25, -0.2) is 13.9 Å². The molecule has 146 valence electrons. The number of halogens is 1. The lowest BCUT2D eigenvalue weighted by molar-refractivity contribution is 0.256. The summed E-state index contributed by atoms with van der Waals surface area (Å²) in [5, 5.41) is 2.21. The van der Waals surface area contributed by atoms with Crippen LogP contribution in [0.25, 0.3) is 0 Å². The number of aromatic nitrogens is 3. The van der Waals surface area contributed by atoms with Crippen LogP contribution in [0, 0.1) is 12.7 Å². The largest absolute Gasteiger partial charge is 0.467 e. The average molecular weight is 398 g/mol. The first-order valence-corrected chi connectivity index (χ1v) is 9.22. The number of benzene rings is 1. The van der Waals surface area contributed by atoms with E-state index in [-0.39, 0.29) is 23.5 Å². The van der Waals surface area contributed by atoms with E-state index in [2.05, 4.69) is 20.3 Å². The van der Waals surface area contributed by atoms with Gasteiger partial charge in [-0.05, 0) is 45.0 Å². The van der Waals surface area contributed by atoms with Gasteiger partial charge in [0.2, 0.25) is 5.95 Å². The monoisotopic (exact) mass is 398 g/mol. The molecule has 1 aromatic carbocycles. The number of carbonyl (C=O) groups is 1. The minimum Gasteiger partial charge on any atom is -0.467 e. The minimum absolute atomic E-state index is 0.0317. The third-order valence-electron chi connectivity index (χ3n) is 3.17. The van der Waals surface area contributed by atoms with Gasteiger partial charge in [0, 0.05) is 6.04 Å². The third kappa shape index (κ3) is 5.23. The van der Waals surface area contributed by atoms with Gasteiger partial charge in [-0.3, -0.25) is 9.62 Å². The number of hydrogen-bond acceptors (Lipinski definition) is 7. The average Bonchev–Trinajstić information content (AvgIpc) is 2.54. The highest BCUT2D eigenvalue weighted by atomic mass is 32.2. The highest BCUT2D eigenvalue weighted by Crippen LogP contribution is 2.20. The number of nitrogens with zero attached hydrogens (tertiary/aromatic N) is 4. The molecule has 1 heterocycles. The first-order valence-electron chi connectivity index (χ1n) is 7.78. The van der Waals surface area contributed by atoms with Crippen molar-refractivity contribution in [1.82, 2.24) is 19.7 Å². The summed E-state index contributed by atoms with van der Waals surface area (Å²) >= 11 is 0. The summed E-state index contributed by atoms with van der Waals surface area (Å²) in [6, 6.07) is 3.20. The van der Waals surface area contributed by atoms with Crippen molar-refractivity contribution < 1.29 is 22.3 Å². The number of nitrogens with one attached hydrogen (secondary N) is 2. The van der Waals surface area contributed by atoms with Crippen molar-refractivity contribution in [2.24, 2.45) is 0 Å². The maximum atomic E-state index is 13.1. The standard InChI is InChI=1S/C15H19FN6O4S/c1-9(2)22(12-7-5-11(16)6-8-12)27(24,25)21-14(23)19-13-17-10(3)18-15(20-13)26-4/h5-9H,1-4H3,(H2,17,18,19,20,21,23). The lowest BCUT2D eigenvalue weighted by atomic mass is 10.3. The third-order valence-corrected chi connectivity index (χ3v) is 4.76. The molecule has 0 saturated heterocycles. The summed E-state index contributed by atoms with van der Waals surface area (Å²) < 4.78 is 46.1. The number of rotatable bonds is 6. The summed E-state index contributed by atoms with van der Waals surface area (Å²) in [5.74, 6) is -0.412. The predicted octanol–water partition coefficient (Wildman–Crippen LogP) is 1.61. The van der Waals surface area contributed by atoms with Crippen LogP contribution < -0.4 is 19.1 Å². The molecule has 12 heteroatoms. The Kier molecular flexibility index (Phi) is 6.10. The van der Waals surface area contributed by atoms with Crippen molar-refractivity contribution in [3.8, 4) is 6.01 Å². The molecule has 27 heavy (non-hydrogen) atoms. The number of aryl methyl sites for hydroxylation is 1. The van der Waals surface area contributed by atoms with Crippen LogP contribution in [-0.2, 0) is 10.2 Å². The van der Waals surface area contributed by atoms with E-state index in [9.17, 15) is 17.6 Å². The van der Waals surface area contributed by atoms with E-state index < -0.39 is 28.1 Å². The second-order valence-corrected chi connectivity index (χ2v) is 7.17. The van der Waals surface area contributed by atoms with Gasteiger partial charge in [0.1, 0.15) is 11.6 Å². The SMILES string of the molecule is COc1nc(C)nc(NC(=O)NS(=O)(=O)N(c2ccc(F)cc2)C(C)C)n1. The quantitative estimate of drug-likeness (QED) is 0.757. The zero-order valence-corrected chi connectivity index (χ0v) is 15.9. The highest BCUT2D eigenvalue weighted by Gasteiger charge is 2.27. The van der Waals surface area contributed by atoms with Gasteiger partial charge in [-0.1, -0.05) is 0 Å². The molecule has 2 rings (SSSR count). The number of urea groups is 1. The summed E-state index contributed by atoms with van der Waals surface area (Å²) in [6.45, 7) is 4.78. The first-order chi connectivity index (χ1) is 12.6. The van der Waals surface area contributed by atoms with Gasteiger partial charge in [0.25, 0.3) is 0 Å². The van der Waals surface area contributed by atoms with Crippen LogP contribution in [0.3, 0.4) is 0 Å². The molecule has 2 aromatic rings. The molecule has 0 bridgehead atoms. The van der Waals surface area contributed by atoms with E-state index in [1.165, 1.54) is 19.2 Å². The van der Waals surface area contributed by atoms with E-state index in [1.807, 2.05) is 4.72 Å². The molecule has 2 N–H and O–H groups in total. The maximum Gasteiger partial charge on any atom is 0.336 e. The normalized spacial score (nSPS) is 11.2. The molecule has 0 spiro atoms. The van der Waals surface area contributed by atoms with Crippen LogP contribution in [0.2, 0.25) is 0 Å². The number of hydrogen-bond donors (Lipinski definition) is 2. The van der Waals surface area contributed by atoms with Gasteiger partial charge in [-0.2, -0.15) is 23.4 Å². The Morgan fingerprint density at radius 3 is 2.37 bits per heavy atom. The molecular formula is C15H19FN6O4S. The van der Waals surface area contributed by atoms with Gasteiger partial charge in [-0.15, -0.1) is 0 Å². The molecule has 0 aliphatic rings. The van der Waals surface area contributed by atoms with E-state index in [0.29, 0.717) is 0 Å². The van der Waals surface area contributed by atoms with E-state index in [4.69, 9.17) is 4.74 Å². The van der Waals surface area contributed by atoms with Crippen LogP contribution >= 0.6 is 0 Å². The Labute approximate surface area is 156 Å². The molecular weight excluding hydrogens is 379 g/mol. The number of methoxy groups -OCH3 is 1. The van der Waals surface area contributed by atoms with E-state index in [1.54, 1.807) is 20.8 Å². The van der Waals surface area contributed by atoms with Crippen molar-refractivity contribution in [3.05, 3.63) is 35.9 Å². The van der Waals surface area contributed by atoms with E-state index >= 15 is 0 Å². The number of amides is 2. The lowest BCUT2D eigenvalue weighted by Crippen LogP contribution is -2.48. The molecule has 0 atom stereocenters. The Morgan fingerprint density at radius 1 is 1.19 bits per heavy atom. The Hall–Kier alpha value is -3.02. The molecule has 0 aliphatic heterocycles. The predicted molar refractivity (Wildman–Crippen MR) is 96.2 cm³/mol. The lowest BCUT2D eigenvalue weighted by Gasteiger charge is -2.27. The Morgan fingerprint density at radius 2 is 1.81 bits per heavy atom. The second kappa shape index (κ2) is 8.12. The fourth-order valence-corrected chi connectivity index (χ4v) is 3.54. The highest BCUT2D eigenvalue weighted by molar-refractivity contribution is 7.91. The van der Waals surface area contributed by atoms with Crippen LogP contribution in [0.1, 0.15) is 19.7 Å². The van der Waals surface area contributed by atoms with Gasteiger partial charge in [0.15, 0.2) is 0 Å². The van der Waals surface area contributed by atoms with Crippen molar-refractivity contribution in [2.75, 3.05) is 16.7 Å². The smallest absolute Gasteiger partial charge is 0.336 e. The minimum atomic E-state index is -4.29. The molecule has 10 nitrogen and oxygen atoms in total. The number of carbonyl (C=O) groups excluding carboxylic acids is 1. The molecule has 1 aromatic heterocycles. The van der Waals surface area contributed by atoms with Gasteiger partial charge < -0.3 is 4.74 Å². The van der Waals surface area contributed by atoms with Crippen molar-refractivity contribution in [1.29, 1.82) is 0 Å². The number of anilines is 2. The topological polar surface area (TPSA) is 126 Å². The summed E-state index contributed by atoms with van der Waals surface area (Å²) in [4.78, 5) is 23.7. The van der Waals surface area contributed by atoms with Crippen LogP contribution in [0.4, 0.5) is 20.8 Å². The Bertz CT molecular complexity index is 920.